The van der Waals surface area contributed by atoms with Gasteiger partial charge in [0.25, 0.3) is 5.91 Å². The Kier molecular flexibility index (Phi) is 7.55. The van der Waals surface area contributed by atoms with Crippen LogP contribution in [-0.2, 0) is 11.2 Å². The van der Waals surface area contributed by atoms with Crippen molar-refractivity contribution < 1.29 is 19.0 Å². The second kappa shape index (κ2) is 11.4. The Morgan fingerprint density at radius 1 is 0.947 bits per heavy atom. The van der Waals surface area contributed by atoms with Crippen LogP contribution < -0.4 is 14.2 Å². The van der Waals surface area contributed by atoms with Crippen molar-refractivity contribution in [3.8, 4) is 17.2 Å². The number of ether oxygens (including phenoxy) is 3. The Hall–Kier alpha value is -4.37. The van der Waals surface area contributed by atoms with E-state index in [0.717, 1.165) is 21.9 Å². The smallest absolute Gasteiger partial charge is 0.283 e. The Bertz CT molecular complexity index is 1470. The summed E-state index contributed by atoms with van der Waals surface area (Å²) in [7, 11) is 1.55. The highest BCUT2D eigenvalue weighted by Gasteiger charge is 2.35. The molecular weight excluding hydrogens is 500 g/mol. The Morgan fingerprint density at radius 3 is 2.45 bits per heavy atom. The van der Waals surface area contributed by atoms with Gasteiger partial charge in [0, 0.05) is 6.42 Å². The summed E-state index contributed by atoms with van der Waals surface area (Å²) >= 11 is 1.31. The van der Waals surface area contributed by atoms with Gasteiger partial charge in [-0.25, -0.2) is 0 Å². The molecular formula is C29H26N4O4S. The van der Waals surface area contributed by atoms with Gasteiger partial charge < -0.3 is 14.2 Å². The molecule has 0 aromatic heterocycles. The number of para-hydroxylation sites is 1. The van der Waals surface area contributed by atoms with Gasteiger partial charge in [-0.1, -0.05) is 54.6 Å². The van der Waals surface area contributed by atoms with E-state index in [1.54, 1.807) is 31.4 Å². The highest BCUT2D eigenvalue weighted by atomic mass is 32.2. The number of nitrogens with one attached hydrogen (secondary N) is 1. The minimum absolute atomic E-state index is 0.0109. The topological polar surface area (TPSA) is 96.6 Å². The molecule has 1 amide bonds. The molecule has 5 rings (SSSR count). The zero-order valence-electron chi connectivity index (χ0n) is 21.0. The summed E-state index contributed by atoms with van der Waals surface area (Å²) in [5, 5.41) is 15.8. The molecule has 0 fully saturated rings. The monoisotopic (exact) mass is 526 g/mol. The molecule has 0 saturated carbocycles. The number of carbonyl (C=O) groups is 1. The summed E-state index contributed by atoms with van der Waals surface area (Å²) in [6.07, 6.45) is 2.23. The van der Waals surface area contributed by atoms with Crippen LogP contribution in [0.5, 0.6) is 17.2 Å². The molecule has 192 valence electrons. The molecule has 2 aliphatic rings. The molecule has 38 heavy (non-hydrogen) atoms. The third-order valence-corrected chi connectivity index (χ3v) is 6.79. The van der Waals surface area contributed by atoms with Gasteiger partial charge in [-0.05, 0) is 59.7 Å². The molecule has 0 aliphatic carbocycles. The van der Waals surface area contributed by atoms with E-state index in [0.29, 0.717) is 41.9 Å². The number of carbonyl (C=O) groups excluding carboxylic acids is 1. The first-order valence-corrected chi connectivity index (χ1v) is 12.9. The maximum atomic E-state index is 12.8. The molecule has 1 N–H and O–H groups in total. The van der Waals surface area contributed by atoms with Crippen molar-refractivity contribution in [2.24, 2.45) is 10.1 Å². The zero-order chi connectivity index (χ0) is 26.5. The summed E-state index contributed by atoms with van der Waals surface area (Å²) in [5.41, 5.74) is 3.00. The van der Waals surface area contributed by atoms with Crippen molar-refractivity contribution in [2.75, 3.05) is 20.3 Å². The van der Waals surface area contributed by atoms with Crippen molar-refractivity contribution in [1.29, 1.82) is 5.41 Å². The van der Waals surface area contributed by atoms with E-state index in [-0.39, 0.29) is 11.4 Å². The Labute approximate surface area is 225 Å². The number of fused-ring (bicyclic) bond motifs is 1. The lowest BCUT2D eigenvalue weighted by molar-refractivity contribution is -0.114. The van der Waals surface area contributed by atoms with Crippen LogP contribution in [0.25, 0.3) is 6.08 Å². The lowest BCUT2D eigenvalue weighted by atomic mass is 10.1. The first kappa shape index (κ1) is 25.3. The Balaban J connectivity index is 1.26. The van der Waals surface area contributed by atoms with Gasteiger partial charge in [0.15, 0.2) is 17.3 Å². The summed E-state index contributed by atoms with van der Waals surface area (Å²) in [6.45, 7) is 2.71. The van der Waals surface area contributed by atoms with Crippen molar-refractivity contribution in [3.05, 3.63) is 95.1 Å². The summed E-state index contributed by atoms with van der Waals surface area (Å²) in [5.74, 6) is 1.40. The maximum Gasteiger partial charge on any atom is 0.283 e. The van der Waals surface area contributed by atoms with E-state index in [4.69, 9.17) is 19.6 Å². The molecule has 2 heterocycles. The third kappa shape index (κ3) is 5.63. The number of rotatable bonds is 9. The fourth-order valence-electron chi connectivity index (χ4n) is 3.96. The van der Waals surface area contributed by atoms with Crippen LogP contribution in [-0.4, -0.2) is 47.3 Å². The number of aliphatic imine (C=N–C) groups is 1. The predicted molar refractivity (Wildman–Crippen MR) is 150 cm³/mol. The second-order valence-corrected chi connectivity index (χ2v) is 9.59. The number of hydrazone groups is 1. The standard InChI is InChI=1S/C29H26N4O4S/c1-19-8-6-7-11-23(19)36-14-15-37-24-13-12-21(17-25(24)35-2)16-22-27(30)33-29(31-28(22)34)38-26(32-33)18-20-9-4-3-5-10-20/h3-13,16-17,30H,14-15,18H2,1-2H3/b22-16-,30-27?. The van der Waals surface area contributed by atoms with E-state index in [9.17, 15) is 4.79 Å². The van der Waals surface area contributed by atoms with Crippen LogP contribution in [0.1, 0.15) is 16.7 Å². The van der Waals surface area contributed by atoms with Gasteiger partial charge in [0.1, 0.15) is 24.0 Å². The van der Waals surface area contributed by atoms with Gasteiger partial charge in [0.05, 0.1) is 12.7 Å². The minimum atomic E-state index is -0.474. The van der Waals surface area contributed by atoms with E-state index in [1.807, 2.05) is 61.5 Å². The number of aryl methyl sites for hydroxylation is 1. The number of hydrogen-bond donors (Lipinski definition) is 1. The molecule has 0 radical (unpaired) electrons. The maximum absolute atomic E-state index is 12.8. The molecule has 0 spiro atoms. The molecule has 3 aromatic rings. The highest BCUT2D eigenvalue weighted by Crippen LogP contribution is 2.32. The number of amides is 1. The van der Waals surface area contributed by atoms with Crippen molar-refractivity contribution in [1.82, 2.24) is 5.01 Å². The van der Waals surface area contributed by atoms with Crippen LogP contribution in [0.3, 0.4) is 0 Å². The quantitative estimate of drug-likeness (QED) is 0.299. The largest absolute Gasteiger partial charge is 0.493 e. The number of thioether (sulfide) groups is 1. The Morgan fingerprint density at radius 2 is 1.68 bits per heavy atom. The fourth-order valence-corrected chi connectivity index (χ4v) is 4.87. The molecule has 0 saturated heterocycles. The number of amidine groups is 2. The van der Waals surface area contributed by atoms with Crippen LogP contribution >= 0.6 is 11.8 Å². The molecule has 3 aromatic carbocycles. The van der Waals surface area contributed by atoms with Crippen molar-refractivity contribution in [2.45, 2.75) is 13.3 Å². The average Bonchev–Trinajstić information content (AvgIpc) is 3.33. The fraction of sp³-hybridized carbons (Fsp3) is 0.172. The van der Waals surface area contributed by atoms with E-state index < -0.39 is 5.91 Å². The lowest BCUT2D eigenvalue weighted by Gasteiger charge is -2.20. The van der Waals surface area contributed by atoms with E-state index >= 15 is 0 Å². The van der Waals surface area contributed by atoms with Gasteiger partial charge >= 0.3 is 0 Å². The molecule has 2 aliphatic heterocycles. The van der Waals surface area contributed by atoms with Crippen molar-refractivity contribution in [3.63, 3.8) is 0 Å². The normalized spacial score (nSPS) is 15.7. The van der Waals surface area contributed by atoms with Gasteiger partial charge in [0.2, 0.25) is 5.17 Å². The van der Waals surface area contributed by atoms with Gasteiger partial charge in [-0.2, -0.15) is 15.1 Å². The number of nitrogens with zero attached hydrogens (tertiary/aromatic N) is 3. The van der Waals surface area contributed by atoms with Crippen molar-refractivity contribution >= 4 is 39.8 Å². The van der Waals surface area contributed by atoms with E-state index in [2.05, 4.69) is 10.1 Å². The van der Waals surface area contributed by atoms with Gasteiger partial charge in [-0.3, -0.25) is 10.2 Å². The third-order valence-electron chi connectivity index (χ3n) is 5.89. The second-order valence-electron chi connectivity index (χ2n) is 8.55. The average molecular weight is 527 g/mol. The molecule has 8 nitrogen and oxygen atoms in total. The highest BCUT2D eigenvalue weighted by molar-refractivity contribution is 8.26. The molecule has 0 atom stereocenters. The van der Waals surface area contributed by atoms with E-state index in [1.165, 1.54) is 16.8 Å². The van der Waals surface area contributed by atoms with Crippen LogP contribution in [0, 0.1) is 12.3 Å². The molecule has 9 heteroatoms. The van der Waals surface area contributed by atoms with Crippen LogP contribution in [0.15, 0.2) is 88.5 Å². The zero-order valence-corrected chi connectivity index (χ0v) is 21.8. The summed E-state index contributed by atoms with van der Waals surface area (Å²) in [4.78, 5) is 17.0. The SMILES string of the molecule is COc1cc(/C=C2/C(=N)N3N=C(Cc4ccccc4)SC3=NC2=O)ccc1OCCOc1ccccc1C. The lowest BCUT2D eigenvalue weighted by Crippen LogP contribution is -2.35. The number of benzene rings is 3. The van der Waals surface area contributed by atoms with Gasteiger partial charge in [-0.15, -0.1) is 0 Å². The first-order chi connectivity index (χ1) is 18.5. The predicted octanol–water partition coefficient (Wildman–Crippen LogP) is 5.32. The van der Waals surface area contributed by atoms with Crippen LogP contribution in [0.4, 0.5) is 0 Å². The first-order valence-electron chi connectivity index (χ1n) is 12.0. The molecule has 0 bridgehead atoms. The minimum Gasteiger partial charge on any atom is -0.493 e. The molecule has 0 unspecified atom stereocenters. The summed E-state index contributed by atoms with van der Waals surface area (Å²) < 4.78 is 17.2. The number of methoxy groups -OCH3 is 1. The summed E-state index contributed by atoms with van der Waals surface area (Å²) in [6, 6.07) is 23.1. The number of hydrogen-bond acceptors (Lipinski definition) is 7. The van der Waals surface area contributed by atoms with Crippen LogP contribution in [0.2, 0.25) is 0 Å².